The van der Waals surface area contributed by atoms with Gasteiger partial charge in [-0.2, -0.15) is 11.8 Å². The van der Waals surface area contributed by atoms with Crippen LogP contribution in [0.2, 0.25) is 0 Å². The summed E-state index contributed by atoms with van der Waals surface area (Å²) in [6.45, 7) is 0.0977. The number of hydrogen-bond donors (Lipinski definition) is 5. The van der Waals surface area contributed by atoms with Crippen molar-refractivity contribution in [3.63, 3.8) is 0 Å². The number of amides is 2. The summed E-state index contributed by atoms with van der Waals surface area (Å²) in [7, 11) is 0. The Bertz CT molecular complexity index is 989. The normalized spacial score (nSPS) is 19.4. The number of hydroxylamine groups is 1. The average molecular weight is 533 g/mol. The van der Waals surface area contributed by atoms with E-state index in [2.05, 4.69) is 5.32 Å². The number of anilines is 1. The number of ether oxygens (including phenoxy) is 2. The quantitative estimate of drug-likeness (QED) is 0.141. The lowest BCUT2D eigenvalue weighted by molar-refractivity contribution is -0.245. The smallest absolute Gasteiger partial charge is 0.243 e. The Morgan fingerprint density at radius 3 is 2.41 bits per heavy atom. The van der Waals surface area contributed by atoms with Crippen molar-refractivity contribution in [1.29, 1.82) is 0 Å². The van der Waals surface area contributed by atoms with Crippen molar-refractivity contribution in [3.8, 4) is 0 Å². The Balaban J connectivity index is 1.62. The number of hydrogen-bond acceptors (Lipinski definition) is 8. The molecule has 2 aromatic carbocycles. The maximum absolute atomic E-state index is 12.4. The fourth-order valence-corrected chi connectivity index (χ4v) is 4.87. The molecule has 1 aliphatic heterocycles. The van der Waals surface area contributed by atoms with Crippen LogP contribution in [0.25, 0.3) is 0 Å². The molecule has 2 aromatic rings. The van der Waals surface area contributed by atoms with Gasteiger partial charge in [0.1, 0.15) is 0 Å². The standard InChI is InChI=1S/C27H36N2O7S/c30-13-14-37-18-23-16-24(20-11-9-19(17-31)10-12-20)36-27(35-23)21-5-4-6-22(15-21)28-25(32)7-2-1-3-8-26(33)29-34/h4-6,9-12,15,23-24,27,30-31,34H,1-3,7-8,13-14,16-18H2,(H,28,32)(H,29,33). The maximum Gasteiger partial charge on any atom is 0.243 e. The summed E-state index contributed by atoms with van der Waals surface area (Å²) in [5, 5.41) is 29.9. The largest absolute Gasteiger partial charge is 0.396 e. The molecule has 1 fully saturated rings. The number of benzene rings is 2. The molecule has 3 rings (SSSR count). The van der Waals surface area contributed by atoms with E-state index >= 15 is 0 Å². The van der Waals surface area contributed by atoms with E-state index in [-0.39, 0.29) is 37.7 Å². The molecule has 9 nitrogen and oxygen atoms in total. The number of aliphatic hydroxyl groups is 2. The highest BCUT2D eigenvalue weighted by molar-refractivity contribution is 7.99. The maximum atomic E-state index is 12.4. The van der Waals surface area contributed by atoms with Crippen LogP contribution in [0.5, 0.6) is 0 Å². The fraction of sp³-hybridized carbons (Fsp3) is 0.481. The van der Waals surface area contributed by atoms with Gasteiger partial charge < -0.3 is 25.0 Å². The van der Waals surface area contributed by atoms with E-state index in [1.54, 1.807) is 17.2 Å². The molecule has 0 bridgehead atoms. The number of aliphatic hydroxyl groups excluding tert-OH is 2. The second kappa shape index (κ2) is 15.7. The Kier molecular flexibility index (Phi) is 12.3. The van der Waals surface area contributed by atoms with E-state index in [1.165, 1.54) is 0 Å². The summed E-state index contributed by atoms with van der Waals surface area (Å²) in [5.41, 5.74) is 4.88. The van der Waals surface area contributed by atoms with Crippen molar-refractivity contribution >= 4 is 29.3 Å². The van der Waals surface area contributed by atoms with Gasteiger partial charge in [0.05, 0.1) is 25.4 Å². The molecule has 0 radical (unpaired) electrons. The second-order valence-electron chi connectivity index (χ2n) is 8.92. The SMILES string of the molecule is O=C(CCCCCC(=O)Nc1cccc(C2OC(CSCCO)CC(c3ccc(CO)cc3)O2)c1)NO. The number of carbonyl (C=O) groups is 2. The molecule has 0 aromatic heterocycles. The molecule has 3 atom stereocenters. The monoisotopic (exact) mass is 532 g/mol. The van der Waals surface area contributed by atoms with Gasteiger partial charge in [0.2, 0.25) is 11.8 Å². The lowest BCUT2D eigenvalue weighted by Crippen LogP contribution is -2.31. The highest BCUT2D eigenvalue weighted by atomic mass is 32.2. The van der Waals surface area contributed by atoms with Crippen LogP contribution in [-0.2, 0) is 25.7 Å². The van der Waals surface area contributed by atoms with Gasteiger partial charge in [0, 0.05) is 42.0 Å². The summed E-state index contributed by atoms with van der Waals surface area (Å²) >= 11 is 1.63. The summed E-state index contributed by atoms with van der Waals surface area (Å²) in [6, 6.07) is 15.1. The molecular weight excluding hydrogens is 496 g/mol. The van der Waals surface area contributed by atoms with E-state index in [9.17, 15) is 14.7 Å². The minimum absolute atomic E-state index is 0.0165. The van der Waals surface area contributed by atoms with Gasteiger partial charge in [-0.25, -0.2) is 5.48 Å². The van der Waals surface area contributed by atoms with Crippen LogP contribution in [-0.4, -0.2) is 51.5 Å². The van der Waals surface area contributed by atoms with E-state index in [0.717, 1.165) is 22.4 Å². The van der Waals surface area contributed by atoms with E-state index < -0.39 is 12.2 Å². The first-order valence-corrected chi connectivity index (χ1v) is 13.7. The predicted octanol–water partition coefficient (Wildman–Crippen LogP) is 3.84. The molecule has 37 heavy (non-hydrogen) atoms. The number of thioether (sulfide) groups is 1. The van der Waals surface area contributed by atoms with Crippen LogP contribution < -0.4 is 10.8 Å². The highest BCUT2D eigenvalue weighted by Gasteiger charge is 2.32. The van der Waals surface area contributed by atoms with Crippen molar-refractivity contribution in [3.05, 3.63) is 65.2 Å². The lowest BCUT2D eigenvalue weighted by atomic mass is 10.0. The van der Waals surface area contributed by atoms with Gasteiger partial charge in [-0.3, -0.25) is 14.8 Å². The number of rotatable bonds is 14. The molecular formula is C27H36N2O7S. The van der Waals surface area contributed by atoms with Crippen LogP contribution in [0, 0.1) is 0 Å². The van der Waals surface area contributed by atoms with Crippen LogP contribution in [0.3, 0.4) is 0 Å². The molecule has 1 heterocycles. The zero-order valence-electron chi connectivity index (χ0n) is 20.8. The van der Waals surface area contributed by atoms with Crippen molar-refractivity contribution < 1.29 is 34.5 Å². The molecule has 1 saturated heterocycles. The molecule has 10 heteroatoms. The minimum atomic E-state index is -0.620. The van der Waals surface area contributed by atoms with Crippen LogP contribution in [0.1, 0.15) is 67.6 Å². The van der Waals surface area contributed by atoms with Gasteiger partial charge >= 0.3 is 0 Å². The highest BCUT2D eigenvalue weighted by Crippen LogP contribution is 2.39. The van der Waals surface area contributed by atoms with Crippen molar-refractivity contribution in [2.45, 2.75) is 63.6 Å². The molecule has 5 N–H and O–H groups in total. The van der Waals surface area contributed by atoms with Crippen molar-refractivity contribution in [1.82, 2.24) is 5.48 Å². The van der Waals surface area contributed by atoms with Gasteiger partial charge in [0.25, 0.3) is 0 Å². The molecule has 0 saturated carbocycles. The van der Waals surface area contributed by atoms with Crippen molar-refractivity contribution in [2.24, 2.45) is 0 Å². The number of nitrogens with one attached hydrogen (secondary N) is 2. The number of carbonyl (C=O) groups excluding carboxylic acids is 2. The van der Waals surface area contributed by atoms with E-state index in [4.69, 9.17) is 19.8 Å². The number of unbranched alkanes of at least 4 members (excludes halogenated alkanes) is 2. The van der Waals surface area contributed by atoms with Crippen LogP contribution >= 0.6 is 11.8 Å². The van der Waals surface area contributed by atoms with Gasteiger partial charge in [0.15, 0.2) is 6.29 Å². The first-order valence-electron chi connectivity index (χ1n) is 12.5. The molecule has 1 aliphatic rings. The Morgan fingerprint density at radius 2 is 1.70 bits per heavy atom. The first kappa shape index (κ1) is 29.1. The minimum Gasteiger partial charge on any atom is -0.396 e. The molecule has 3 unspecified atom stereocenters. The van der Waals surface area contributed by atoms with E-state index in [1.807, 2.05) is 48.5 Å². The first-order chi connectivity index (χ1) is 18.0. The molecule has 0 spiro atoms. The third-order valence-corrected chi connectivity index (χ3v) is 7.11. The summed E-state index contributed by atoms with van der Waals surface area (Å²) < 4.78 is 12.6. The Labute approximate surface area is 221 Å². The third kappa shape index (κ3) is 9.73. The fourth-order valence-electron chi connectivity index (χ4n) is 4.09. The molecule has 202 valence electrons. The topological polar surface area (TPSA) is 137 Å². The van der Waals surface area contributed by atoms with Gasteiger partial charge in [-0.05, 0) is 36.1 Å². The summed E-state index contributed by atoms with van der Waals surface area (Å²) in [5.74, 6) is 0.820. The average Bonchev–Trinajstić information content (AvgIpc) is 2.93. The summed E-state index contributed by atoms with van der Waals surface area (Å²) in [6.07, 6.45) is 2.29. The molecule has 0 aliphatic carbocycles. The van der Waals surface area contributed by atoms with Gasteiger partial charge in [-0.1, -0.05) is 42.8 Å². The van der Waals surface area contributed by atoms with E-state index in [0.29, 0.717) is 43.5 Å². The van der Waals surface area contributed by atoms with Gasteiger partial charge in [-0.15, -0.1) is 0 Å². The zero-order valence-corrected chi connectivity index (χ0v) is 21.6. The third-order valence-electron chi connectivity index (χ3n) is 6.03. The Morgan fingerprint density at radius 1 is 0.946 bits per heavy atom. The van der Waals surface area contributed by atoms with Crippen molar-refractivity contribution in [2.75, 3.05) is 23.4 Å². The predicted molar refractivity (Wildman–Crippen MR) is 141 cm³/mol. The Hall–Kier alpha value is -2.47. The second-order valence-corrected chi connectivity index (χ2v) is 10.1. The summed E-state index contributed by atoms with van der Waals surface area (Å²) in [4.78, 5) is 23.5. The lowest BCUT2D eigenvalue weighted by Gasteiger charge is -2.36. The van der Waals surface area contributed by atoms with Crippen LogP contribution in [0.4, 0.5) is 5.69 Å². The zero-order chi connectivity index (χ0) is 26.5. The van der Waals surface area contributed by atoms with Crippen LogP contribution in [0.15, 0.2) is 48.5 Å². The molecule has 2 amide bonds.